The number of benzene rings is 1. The molecule has 2 rings (SSSR count). The first-order chi connectivity index (χ1) is 7.51. The molecule has 1 aliphatic rings. The normalized spacial score (nSPS) is 17.9. The van der Waals surface area contributed by atoms with Crippen molar-refractivity contribution in [2.45, 2.75) is 17.7 Å². The van der Waals surface area contributed by atoms with Crippen molar-refractivity contribution < 1.29 is 12.8 Å². The average Bonchev–Trinajstić information content (AvgIpc) is 2.69. The summed E-state index contributed by atoms with van der Waals surface area (Å²) in [5.41, 5.74) is 0. The third-order valence-corrected chi connectivity index (χ3v) is 4.74. The molecule has 0 atom stereocenters. The molecule has 6 heteroatoms. The highest BCUT2D eigenvalue weighted by molar-refractivity contribution is 7.89. The van der Waals surface area contributed by atoms with E-state index in [1.165, 1.54) is 16.4 Å². The molecule has 0 unspecified atom stereocenters. The second-order valence-corrected chi connectivity index (χ2v) is 6.03. The van der Waals surface area contributed by atoms with Crippen LogP contribution >= 0.6 is 11.6 Å². The molecular weight excluding hydrogens is 253 g/mol. The molecule has 0 amide bonds. The van der Waals surface area contributed by atoms with Gasteiger partial charge in [-0.15, -0.1) is 0 Å². The van der Waals surface area contributed by atoms with Crippen LogP contribution in [0.15, 0.2) is 23.1 Å². The molecule has 0 N–H and O–H groups in total. The molecule has 0 aliphatic carbocycles. The smallest absolute Gasteiger partial charge is 0.207 e. The van der Waals surface area contributed by atoms with Gasteiger partial charge in [-0.3, -0.25) is 0 Å². The van der Waals surface area contributed by atoms with Gasteiger partial charge in [-0.05, 0) is 31.0 Å². The molecule has 1 fully saturated rings. The highest BCUT2D eigenvalue weighted by Gasteiger charge is 2.29. The monoisotopic (exact) mass is 263 g/mol. The predicted molar refractivity (Wildman–Crippen MR) is 59.4 cm³/mol. The van der Waals surface area contributed by atoms with Gasteiger partial charge in [-0.2, -0.15) is 4.31 Å². The van der Waals surface area contributed by atoms with Crippen LogP contribution in [0.4, 0.5) is 4.39 Å². The van der Waals surface area contributed by atoms with Crippen molar-refractivity contribution in [1.29, 1.82) is 0 Å². The maximum absolute atomic E-state index is 13.5. The Morgan fingerprint density at radius 2 is 1.88 bits per heavy atom. The average molecular weight is 264 g/mol. The lowest BCUT2D eigenvalue weighted by molar-refractivity contribution is 0.470. The first-order valence-corrected chi connectivity index (χ1v) is 6.79. The van der Waals surface area contributed by atoms with Gasteiger partial charge in [0, 0.05) is 18.1 Å². The predicted octanol–water partition coefficient (Wildman–Crippen LogP) is 2.26. The standard InChI is InChI=1S/C10H11ClFNO2S/c11-8-3-4-10(9(12)7-8)16(14,15)13-5-1-2-6-13/h3-4,7H,1-2,5-6H2. The fraction of sp³-hybridized carbons (Fsp3) is 0.400. The lowest BCUT2D eigenvalue weighted by Gasteiger charge is -2.15. The van der Waals surface area contributed by atoms with E-state index in [1.807, 2.05) is 0 Å². The van der Waals surface area contributed by atoms with Gasteiger partial charge in [0.2, 0.25) is 10.0 Å². The van der Waals surface area contributed by atoms with E-state index < -0.39 is 15.8 Å². The Morgan fingerprint density at radius 3 is 2.44 bits per heavy atom. The summed E-state index contributed by atoms with van der Waals surface area (Å²) in [5, 5.41) is 0.192. The Labute approximate surface area is 98.9 Å². The molecule has 88 valence electrons. The molecule has 16 heavy (non-hydrogen) atoms. The molecule has 1 aromatic rings. The number of hydrogen-bond acceptors (Lipinski definition) is 2. The van der Waals surface area contributed by atoms with Crippen molar-refractivity contribution in [3.63, 3.8) is 0 Å². The molecule has 1 heterocycles. The lowest BCUT2D eigenvalue weighted by atomic mass is 10.3. The van der Waals surface area contributed by atoms with Gasteiger partial charge in [-0.25, -0.2) is 12.8 Å². The third-order valence-electron chi connectivity index (χ3n) is 2.58. The Balaban J connectivity index is 2.42. The van der Waals surface area contributed by atoms with Gasteiger partial charge in [0.15, 0.2) is 0 Å². The van der Waals surface area contributed by atoms with Crippen molar-refractivity contribution >= 4 is 21.6 Å². The van der Waals surface area contributed by atoms with E-state index in [-0.39, 0.29) is 9.92 Å². The summed E-state index contributed by atoms with van der Waals surface area (Å²) >= 11 is 5.58. The third kappa shape index (κ3) is 2.07. The minimum Gasteiger partial charge on any atom is -0.207 e. The lowest BCUT2D eigenvalue weighted by Crippen LogP contribution is -2.28. The van der Waals surface area contributed by atoms with Crippen LogP contribution in [0.25, 0.3) is 0 Å². The zero-order chi connectivity index (χ0) is 11.8. The highest BCUT2D eigenvalue weighted by Crippen LogP contribution is 2.24. The van der Waals surface area contributed by atoms with Crippen LogP contribution < -0.4 is 0 Å². The van der Waals surface area contributed by atoms with Crippen LogP contribution in [0.5, 0.6) is 0 Å². The minimum absolute atomic E-state index is 0.192. The van der Waals surface area contributed by atoms with Crippen LogP contribution in [0.1, 0.15) is 12.8 Å². The first kappa shape index (κ1) is 11.8. The molecule has 0 saturated carbocycles. The minimum atomic E-state index is -3.69. The zero-order valence-electron chi connectivity index (χ0n) is 8.49. The number of nitrogens with zero attached hydrogens (tertiary/aromatic N) is 1. The van der Waals surface area contributed by atoms with Crippen molar-refractivity contribution in [1.82, 2.24) is 4.31 Å². The SMILES string of the molecule is O=S(=O)(c1ccc(Cl)cc1F)N1CCCC1. The first-order valence-electron chi connectivity index (χ1n) is 4.97. The van der Waals surface area contributed by atoms with E-state index in [1.54, 1.807) is 0 Å². The van der Waals surface area contributed by atoms with Crippen LogP contribution in [-0.2, 0) is 10.0 Å². The summed E-state index contributed by atoms with van der Waals surface area (Å²) in [7, 11) is -3.69. The van der Waals surface area contributed by atoms with E-state index in [0.717, 1.165) is 18.9 Å². The van der Waals surface area contributed by atoms with E-state index in [0.29, 0.717) is 13.1 Å². The van der Waals surface area contributed by atoms with Crippen LogP contribution in [0, 0.1) is 5.82 Å². The molecule has 0 radical (unpaired) electrons. The van der Waals surface area contributed by atoms with Gasteiger partial charge in [-0.1, -0.05) is 11.6 Å². The molecule has 1 saturated heterocycles. The van der Waals surface area contributed by atoms with Crippen LogP contribution in [0.2, 0.25) is 5.02 Å². The largest absolute Gasteiger partial charge is 0.245 e. The van der Waals surface area contributed by atoms with Gasteiger partial charge in [0.05, 0.1) is 0 Å². The molecular formula is C10H11ClFNO2S. The van der Waals surface area contributed by atoms with Crippen LogP contribution in [0.3, 0.4) is 0 Å². The Morgan fingerprint density at radius 1 is 1.25 bits per heavy atom. The fourth-order valence-electron chi connectivity index (χ4n) is 1.75. The molecule has 0 bridgehead atoms. The van der Waals surface area contributed by atoms with Crippen molar-refractivity contribution in [3.8, 4) is 0 Å². The van der Waals surface area contributed by atoms with Gasteiger partial charge >= 0.3 is 0 Å². The maximum Gasteiger partial charge on any atom is 0.245 e. The van der Waals surface area contributed by atoms with Gasteiger partial charge < -0.3 is 0 Å². The Bertz CT molecular complexity index is 498. The maximum atomic E-state index is 13.5. The molecule has 1 aromatic carbocycles. The summed E-state index contributed by atoms with van der Waals surface area (Å²) in [6.07, 6.45) is 1.66. The Hall–Kier alpha value is -0.650. The summed E-state index contributed by atoms with van der Waals surface area (Å²) in [6, 6.07) is 3.61. The molecule has 1 aliphatic heterocycles. The number of rotatable bonds is 2. The second kappa shape index (κ2) is 4.31. The fourth-order valence-corrected chi connectivity index (χ4v) is 3.47. The van der Waals surface area contributed by atoms with E-state index in [9.17, 15) is 12.8 Å². The number of hydrogen-bond donors (Lipinski definition) is 0. The molecule has 3 nitrogen and oxygen atoms in total. The molecule has 0 aromatic heterocycles. The van der Waals surface area contributed by atoms with E-state index in [2.05, 4.69) is 0 Å². The van der Waals surface area contributed by atoms with Crippen molar-refractivity contribution in [2.75, 3.05) is 13.1 Å². The summed E-state index contributed by atoms with van der Waals surface area (Å²) in [6.45, 7) is 0.925. The zero-order valence-corrected chi connectivity index (χ0v) is 10.1. The number of sulfonamides is 1. The molecule has 0 spiro atoms. The summed E-state index contributed by atoms with van der Waals surface area (Å²) in [5.74, 6) is -0.792. The van der Waals surface area contributed by atoms with Gasteiger partial charge in [0.1, 0.15) is 10.7 Å². The quantitative estimate of drug-likeness (QED) is 0.821. The van der Waals surface area contributed by atoms with E-state index in [4.69, 9.17) is 11.6 Å². The Kier molecular flexibility index (Phi) is 3.19. The highest BCUT2D eigenvalue weighted by atomic mass is 35.5. The second-order valence-electron chi connectivity index (χ2n) is 3.69. The summed E-state index contributed by atoms with van der Waals surface area (Å²) < 4.78 is 38.8. The van der Waals surface area contributed by atoms with E-state index >= 15 is 0 Å². The van der Waals surface area contributed by atoms with Crippen molar-refractivity contribution in [3.05, 3.63) is 29.0 Å². The number of halogens is 2. The van der Waals surface area contributed by atoms with Gasteiger partial charge in [0.25, 0.3) is 0 Å². The van der Waals surface area contributed by atoms with Crippen LogP contribution in [-0.4, -0.2) is 25.8 Å². The summed E-state index contributed by atoms with van der Waals surface area (Å²) in [4.78, 5) is -0.293. The topological polar surface area (TPSA) is 37.4 Å². The van der Waals surface area contributed by atoms with Crippen molar-refractivity contribution in [2.24, 2.45) is 0 Å².